The number of nitrogens with zero attached hydrogens (tertiary/aromatic N) is 2. The van der Waals surface area contributed by atoms with Crippen LogP contribution >= 0.6 is 11.6 Å². The van der Waals surface area contributed by atoms with Gasteiger partial charge in [0.1, 0.15) is 0 Å². The van der Waals surface area contributed by atoms with Crippen molar-refractivity contribution in [1.29, 1.82) is 0 Å². The Labute approximate surface area is 151 Å². The SMILES string of the molecule is NCCN(CCc1ccccc1)S(=O)(=O)c1c(Cl)cccc1[N+](=O)[O-]. The van der Waals surface area contributed by atoms with E-state index in [1.165, 1.54) is 12.1 Å². The van der Waals surface area contributed by atoms with Crippen molar-refractivity contribution < 1.29 is 13.3 Å². The largest absolute Gasteiger partial charge is 0.329 e. The van der Waals surface area contributed by atoms with Gasteiger partial charge in [-0.25, -0.2) is 8.42 Å². The first-order valence-electron chi connectivity index (χ1n) is 7.55. The third-order valence-corrected chi connectivity index (χ3v) is 6.03. The summed E-state index contributed by atoms with van der Waals surface area (Å²) in [7, 11) is -4.16. The van der Waals surface area contributed by atoms with Gasteiger partial charge in [-0.3, -0.25) is 10.1 Å². The number of nitrogens with two attached hydrogens (primary N) is 1. The van der Waals surface area contributed by atoms with Gasteiger partial charge in [-0.2, -0.15) is 4.31 Å². The van der Waals surface area contributed by atoms with Crippen molar-refractivity contribution in [3.05, 3.63) is 69.2 Å². The number of hydrogen-bond acceptors (Lipinski definition) is 5. The van der Waals surface area contributed by atoms with Gasteiger partial charge in [0.2, 0.25) is 0 Å². The number of sulfonamides is 1. The van der Waals surface area contributed by atoms with Gasteiger partial charge in [-0.1, -0.05) is 48.0 Å². The summed E-state index contributed by atoms with van der Waals surface area (Å²) in [5, 5.41) is 11.0. The van der Waals surface area contributed by atoms with Crippen LogP contribution in [0, 0.1) is 10.1 Å². The van der Waals surface area contributed by atoms with Crippen molar-refractivity contribution in [3.63, 3.8) is 0 Å². The zero-order valence-electron chi connectivity index (χ0n) is 13.3. The van der Waals surface area contributed by atoms with E-state index in [-0.39, 0.29) is 24.7 Å². The summed E-state index contributed by atoms with van der Waals surface area (Å²) in [5.41, 5.74) is 5.94. The maximum atomic E-state index is 13.0. The van der Waals surface area contributed by atoms with Crippen LogP contribution in [0.25, 0.3) is 0 Å². The second kappa shape index (κ2) is 8.39. The molecule has 0 aliphatic carbocycles. The van der Waals surface area contributed by atoms with Crippen molar-refractivity contribution in [1.82, 2.24) is 4.31 Å². The predicted octanol–water partition coefficient (Wildman–Crippen LogP) is 2.44. The second-order valence-electron chi connectivity index (χ2n) is 5.27. The smallest absolute Gasteiger partial charge is 0.290 e. The lowest BCUT2D eigenvalue weighted by atomic mass is 10.1. The summed E-state index contributed by atoms with van der Waals surface area (Å²) in [6, 6.07) is 13.1. The van der Waals surface area contributed by atoms with Gasteiger partial charge in [0.25, 0.3) is 15.7 Å². The molecule has 0 heterocycles. The van der Waals surface area contributed by atoms with E-state index < -0.39 is 25.5 Å². The number of nitro groups is 1. The van der Waals surface area contributed by atoms with Gasteiger partial charge in [0.15, 0.2) is 4.90 Å². The molecule has 0 aromatic heterocycles. The molecule has 0 unspecified atom stereocenters. The molecular weight excluding hydrogens is 366 g/mol. The summed E-state index contributed by atoms with van der Waals surface area (Å²) in [6.45, 7) is 0.274. The fourth-order valence-corrected chi connectivity index (χ4v) is 4.54. The van der Waals surface area contributed by atoms with E-state index in [1.54, 1.807) is 0 Å². The molecule has 0 aliphatic rings. The highest BCUT2D eigenvalue weighted by molar-refractivity contribution is 7.89. The van der Waals surface area contributed by atoms with Crippen LogP contribution in [0.5, 0.6) is 0 Å². The Kier molecular flexibility index (Phi) is 6.49. The molecule has 25 heavy (non-hydrogen) atoms. The van der Waals surface area contributed by atoms with E-state index in [4.69, 9.17) is 17.3 Å². The minimum Gasteiger partial charge on any atom is -0.329 e. The molecule has 0 saturated carbocycles. The lowest BCUT2D eigenvalue weighted by Crippen LogP contribution is -2.37. The summed E-state index contributed by atoms with van der Waals surface area (Å²) < 4.78 is 27.1. The van der Waals surface area contributed by atoms with E-state index in [2.05, 4.69) is 0 Å². The number of nitro benzene ring substituents is 1. The van der Waals surface area contributed by atoms with Crippen molar-refractivity contribution in [2.24, 2.45) is 5.73 Å². The predicted molar refractivity (Wildman–Crippen MR) is 96.1 cm³/mol. The molecule has 2 aromatic rings. The second-order valence-corrected chi connectivity index (χ2v) is 7.56. The molecule has 2 rings (SSSR count). The molecule has 9 heteroatoms. The lowest BCUT2D eigenvalue weighted by Gasteiger charge is -2.22. The summed E-state index contributed by atoms with van der Waals surface area (Å²) in [4.78, 5) is 9.97. The molecule has 0 spiro atoms. The number of rotatable bonds is 8. The highest BCUT2D eigenvalue weighted by atomic mass is 35.5. The van der Waals surface area contributed by atoms with Gasteiger partial charge in [-0.05, 0) is 18.1 Å². The Hall–Kier alpha value is -2.00. The van der Waals surface area contributed by atoms with Gasteiger partial charge in [0, 0.05) is 25.7 Å². The molecule has 134 valence electrons. The van der Waals surface area contributed by atoms with Crippen molar-refractivity contribution in [3.8, 4) is 0 Å². The molecule has 7 nitrogen and oxygen atoms in total. The lowest BCUT2D eigenvalue weighted by molar-refractivity contribution is -0.387. The first-order valence-corrected chi connectivity index (χ1v) is 9.36. The van der Waals surface area contributed by atoms with Gasteiger partial charge >= 0.3 is 0 Å². The van der Waals surface area contributed by atoms with Crippen molar-refractivity contribution in [2.75, 3.05) is 19.6 Å². The average Bonchev–Trinajstić information content (AvgIpc) is 2.58. The number of benzene rings is 2. The highest BCUT2D eigenvalue weighted by Gasteiger charge is 2.33. The zero-order valence-corrected chi connectivity index (χ0v) is 14.9. The van der Waals surface area contributed by atoms with Crippen LogP contribution in [0.2, 0.25) is 5.02 Å². The zero-order chi connectivity index (χ0) is 18.4. The average molecular weight is 384 g/mol. The third kappa shape index (κ3) is 4.55. The van der Waals surface area contributed by atoms with Gasteiger partial charge < -0.3 is 5.73 Å². The summed E-state index contributed by atoms with van der Waals surface area (Å²) >= 11 is 5.98. The minimum absolute atomic E-state index is 0.0392. The molecule has 0 radical (unpaired) electrons. The fraction of sp³-hybridized carbons (Fsp3) is 0.250. The molecule has 2 N–H and O–H groups in total. The summed E-state index contributed by atoms with van der Waals surface area (Å²) in [5.74, 6) is 0. The fourth-order valence-electron chi connectivity index (χ4n) is 2.42. The maximum Gasteiger partial charge on any atom is 0.290 e. The molecule has 0 atom stereocenters. The van der Waals surface area contributed by atoms with Crippen LogP contribution in [0.3, 0.4) is 0 Å². The highest BCUT2D eigenvalue weighted by Crippen LogP contribution is 2.33. The van der Waals surface area contributed by atoms with E-state index in [1.807, 2.05) is 30.3 Å². The Bertz CT molecular complexity index is 844. The van der Waals surface area contributed by atoms with Crippen LogP contribution in [-0.4, -0.2) is 37.3 Å². The Morgan fingerprint density at radius 2 is 1.76 bits per heavy atom. The van der Waals surface area contributed by atoms with Gasteiger partial charge in [0.05, 0.1) is 9.95 Å². The van der Waals surface area contributed by atoms with Crippen LogP contribution in [-0.2, 0) is 16.4 Å². The first-order chi connectivity index (χ1) is 11.9. The normalized spacial score (nSPS) is 11.6. The van der Waals surface area contributed by atoms with Crippen molar-refractivity contribution >= 4 is 27.3 Å². The molecular formula is C16H18ClN3O4S. The number of hydrogen-bond donors (Lipinski definition) is 1. The third-order valence-electron chi connectivity index (χ3n) is 3.61. The van der Waals surface area contributed by atoms with Crippen LogP contribution < -0.4 is 5.73 Å². The van der Waals surface area contributed by atoms with Crippen LogP contribution in [0.4, 0.5) is 5.69 Å². The molecule has 0 fully saturated rings. The topological polar surface area (TPSA) is 107 Å². The van der Waals surface area contributed by atoms with Crippen LogP contribution in [0.1, 0.15) is 5.56 Å². The Morgan fingerprint density at radius 1 is 1.08 bits per heavy atom. The molecule has 0 saturated heterocycles. The molecule has 0 amide bonds. The van der Waals surface area contributed by atoms with E-state index in [0.29, 0.717) is 6.42 Å². The van der Waals surface area contributed by atoms with Gasteiger partial charge in [-0.15, -0.1) is 0 Å². The summed E-state index contributed by atoms with van der Waals surface area (Å²) in [6.07, 6.45) is 0.457. The molecule has 0 bridgehead atoms. The standard InChI is InChI=1S/C16H18ClN3O4S/c17-14-7-4-8-15(20(21)22)16(14)25(23,24)19(12-10-18)11-9-13-5-2-1-3-6-13/h1-8H,9-12,18H2. The van der Waals surface area contributed by atoms with E-state index in [0.717, 1.165) is 15.9 Å². The quantitative estimate of drug-likeness (QED) is 0.556. The molecule has 0 aliphatic heterocycles. The Morgan fingerprint density at radius 3 is 2.36 bits per heavy atom. The minimum atomic E-state index is -4.16. The van der Waals surface area contributed by atoms with Crippen molar-refractivity contribution in [2.45, 2.75) is 11.3 Å². The van der Waals surface area contributed by atoms with Crippen LogP contribution in [0.15, 0.2) is 53.4 Å². The Balaban J connectivity index is 2.38. The monoisotopic (exact) mass is 383 g/mol. The van der Waals surface area contributed by atoms with E-state index in [9.17, 15) is 18.5 Å². The van der Waals surface area contributed by atoms with E-state index >= 15 is 0 Å². The first kappa shape index (κ1) is 19.3. The number of halogens is 1. The molecule has 2 aromatic carbocycles. The maximum absolute atomic E-state index is 13.0.